The fourth-order valence-corrected chi connectivity index (χ4v) is 3.17. The van der Waals surface area contributed by atoms with Crippen molar-refractivity contribution in [2.24, 2.45) is 0 Å². The first-order chi connectivity index (χ1) is 10.7. The largest absolute Gasteiger partial charge is 0.454 e. The molecule has 0 aromatic heterocycles. The molecule has 0 saturated heterocycles. The normalized spacial score (nSPS) is 17.3. The Labute approximate surface area is 131 Å². The fourth-order valence-electron chi connectivity index (χ4n) is 3.17. The van der Waals surface area contributed by atoms with Crippen molar-refractivity contribution in [3.63, 3.8) is 0 Å². The molecule has 3 rings (SSSR count). The van der Waals surface area contributed by atoms with Crippen molar-refractivity contribution >= 4 is 6.03 Å². The maximum absolute atomic E-state index is 12.2. The van der Waals surface area contributed by atoms with Crippen molar-refractivity contribution < 1.29 is 14.3 Å². The summed E-state index contributed by atoms with van der Waals surface area (Å²) >= 11 is 0. The minimum Gasteiger partial charge on any atom is -0.454 e. The van der Waals surface area contributed by atoms with Crippen LogP contribution in [0.15, 0.2) is 18.2 Å². The third-order valence-electron chi connectivity index (χ3n) is 4.57. The van der Waals surface area contributed by atoms with Gasteiger partial charge < -0.3 is 19.7 Å². The van der Waals surface area contributed by atoms with Crippen molar-refractivity contribution in [2.75, 3.05) is 20.4 Å². The molecule has 0 radical (unpaired) electrons. The van der Waals surface area contributed by atoms with Crippen molar-refractivity contribution in [3.05, 3.63) is 23.8 Å². The number of hydrogen-bond donors (Lipinski definition) is 1. The van der Waals surface area contributed by atoms with Crippen molar-refractivity contribution in [2.45, 2.75) is 44.6 Å². The van der Waals surface area contributed by atoms with Crippen LogP contribution in [0.25, 0.3) is 0 Å². The number of rotatable bonds is 4. The summed E-state index contributed by atoms with van der Waals surface area (Å²) in [6, 6.07) is 6.37. The standard InChI is InChI=1S/C17H24N2O3/c1-19(14-5-3-2-4-6-14)17(20)18-10-9-13-7-8-15-16(11-13)22-12-21-15/h7-8,11,14H,2-6,9-10,12H2,1H3,(H,18,20). The Bertz CT molecular complexity index is 527. The summed E-state index contributed by atoms with van der Waals surface area (Å²) in [5.74, 6) is 1.59. The molecule has 0 atom stereocenters. The van der Waals surface area contributed by atoms with Crippen molar-refractivity contribution in [3.8, 4) is 11.5 Å². The average Bonchev–Trinajstić information content (AvgIpc) is 3.02. The summed E-state index contributed by atoms with van der Waals surface area (Å²) in [5.41, 5.74) is 1.14. The number of nitrogens with zero attached hydrogens (tertiary/aromatic N) is 1. The molecule has 1 fully saturated rings. The minimum absolute atomic E-state index is 0.0349. The van der Waals surface area contributed by atoms with Crippen LogP contribution in [0.4, 0.5) is 4.79 Å². The van der Waals surface area contributed by atoms with E-state index < -0.39 is 0 Å². The summed E-state index contributed by atoms with van der Waals surface area (Å²) in [7, 11) is 1.91. The molecule has 1 aliphatic carbocycles. The summed E-state index contributed by atoms with van der Waals surface area (Å²) in [6.07, 6.45) is 6.83. The lowest BCUT2D eigenvalue weighted by atomic mass is 9.95. The highest BCUT2D eigenvalue weighted by Gasteiger charge is 2.21. The van der Waals surface area contributed by atoms with Crippen LogP contribution >= 0.6 is 0 Å². The molecule has 5 heteroatoms. The van der Waals surface area contributed by atoms with Crippen LogP contribution in [0, 0.1) is 0 Å². The molecule has 0 unspecified atom stereocenters. The lowest BCUT2D eigenvalue weighted by molar-refractivity contribution is 0.173. The first-order valence-electron chi connectivity index (χ1n) is 8.13. The van der Waals surface area contributed by atoms with Crippen LogP contribution < -0.4 is 14.8 Å². The van der Waals surface area contributed by atoms with Crippen molar-refractivity contribution in [1.29, 1.82) is 0 Å². The molecule has 1 aliphatic heterocycles. The van der Waals surface area contributed by atoms with Gasteiger partial charge in [-0.05, 0) is 37.0 Å². The lowest BCUT2D eigenvalue weighted by Gasteiger charge is -2.31. The minimum atomic E-state index is 0.0349. The number of amides is 2. The summed E-state index contributed by atoms with van der Waals surface area (Å²) in [6.45, 7) is 0.928. The van der Waals surface area contributed by atoms with Gasteiger partial charge in [0.1, 0.15) is 0 Å². The predicted molar refractivity (Wildman–Crippen MR) is 84.3 cm³/mol. The van der Waals surface area contributed by atoms with E-state index in [1.807, 2.05) is 30.1 Å². The molecule has 1 saturated carbocycles. The van der Waals surface area contributed by atoms with Gasteiger partial charge in [-0.1, -0.05) is 25.3 Å². The van der Waals surface area contributed by atoms with E-state index in [1.54, 1.807) is 0 Å². The first-order valence-corrected chi connectivity index (χ1v) is 8.13. The van der Waals surface area contributed by atoms with E-state index in [9.17, 15) is 4.79 Å². The number of fused-ring (bicyclic) bond motifs is 1. The van der Waals surface area contributed by atoms with Crippen LogP contribution in [-0.4, -0.2) is 37.4 Å². The molecule has 2 aliphatic rings. The third kappa shape index (κ3) is 3.46. The number of urea groups is 1. The average molecular weight is 304 g/mol. The maximum Gasteiger partial charge on any atom is 0.317 e. The Morgan fingerprint density at radius 2 is 2.00 bits per heavy atom. The highest BCUT2D eigenvalue weighted by molar-refractivity contribution is 5.74. The third-order valence-corrected chi connectivity index (χ3v) is 4.57. The summed E-state index contributed by atoms with van der Waals surface area (Å²) in [5, 5.41) is 3.01. The molecular formula is C17H24N2O3. The second-order valence-corrected chi connectivity index (χ2v) is 6.07. The van der Waals surface area contributed by atoms with Crippen LogP contribution in [0.1, 0.15) is 37.7 Å². The zero-order chi connectivity index (χ0) is 15.4. The van der Waals surface area contributed by atoms with Gasteiger partial charge in [0, 0.05) is 19.6 Å². The van der Waals surface area contributed by atoms with Gasteiger partial charge in [0.2, 0.25) is 6.79 Å². The first kappa shape index (κ1) is 15.0. The predicted octanol–water partition coefficient (Wildman–Crippen LogP) is 2.93. The Morgan fingerprint density at radius 3 is 2.82 bits per heavy atom. The molecule has 5 nitrogen and oxygen atoms in total. The van der Waals surface area contributed by atoms with Crippen LogP contribution in [-0.2, 0) is 6.42 Å². The molecule has 1 N–H and O–H groups in total. The van der Waals surface area contributed by atoms with E-state index in [2.05, 4.69) is 5.32 Å². The Morgan fingerprint density at radius 1 is 1.23 bits per heavy atom. The number of carbonyl (C=O) groups is 1. The summed E-state index contributed by atoms with van der Waals surface area (Å²) in [4.78, 5) is 14.1. The van der Waals surface area contributed by atoms with Crippen LogP contribution in [0.5, 0.6) is 11.5 Å². The quantitative estimate of drug-likeness (QED) is 0.930. The summed E-state index contributed by atoms with van der Waals surface area (Å²) < 4.78 is 10.7. The van der Waals surface area contributed by atoms with Gasteiger partial charge in [-0.25, -0.2) is 4.79 Å². The number of nitrogens with one attached hydrogen (secondary N) is 1. The van der Waals surface area contributed by atoms with Gasteiger partial charge in [0.05, 0.1) is 0 Å². The highest BCUT2D eigenvalue weighted by atomic mass is 16.7. The lowest BCUT2D eigenvalue weighted by Crippen LogP contribution is -2.44. The molecule has 1 aromatic carbocycles. The Kier molecular flexibility index (Phi) is 4.71. The SMILES string of the molecule is CN(C(=O)NCCc1ccc2c(c1)OCO2)C1CCCCC1. The van der Waals surface area contributed by atoms with Crippen molar-refractivity contribution in [1.82, 2.24) is 10.2 Å². The maximum atomic E-state index is 12.2. The van der Waals surface area contributed by atoms with E-state index >= 15 is 0 Å². The monoisotopic (exact) mass is 304 g/mol. The zero-order valence-corrected chi connectivity index (χ0v) is 13.1. The fraction of sp³-hybridized carbons (Fsp3) is 0.588. The van der Waals surface area contributed by atoms with Crippen LogP contribution in [0.2, 0.25) is 0 Å². The number of carbonyl (C=O) groups excluding carboxylic acids is 1. The molecule has 120 valence electrons. The molecule has 1 aromatic rings. The van der Waals surface area contributed by atoms with Gasteiger partial charge in [-0.2, -0.15) is 0 Å². The Balaban J connectivity index is 1.45. The van der Waals surface area contributed by atoms with Gasteiger partial charge in [0.15, 0.2) is 11.5 Å². The second kappa shape index (κ2) is 6.90. The molecule has 0 spiro atoms. The number of hydrogen-bond acceptors (Lipinski definition) is 3. The van der Waals surface area contributed by atoms with E-state index in [-0.39, 0.29) is 6.03 Å². The van der Waals surface area contributed by atoms with E-state index in [0.29, 0.717) is 19.4 Å². The van der Waals surface area contributed by atoms with Gasteiger partial charge >= 0.3 is 6.03 Å². The second-order valence-electron chi connectivity index (χ2n) is 6.07. The van der Waals surface area contributed by atoms with E-state index in [4.69, 9.17) is 9.47 Å². The topological polar surface area (TPSA) is 50.8 Å². The Hall–Kier alpha value is -1.91. The molecular weight excluding hydrogens is 280 g/mol. The number of benzene rings is 1. The van der Waals surface area contributed by atoms with E-state index in [1.165, 1.54) is 19.3 Å². The van der Waals surface area contributed by atoms with Gasteiger partial charge in [-0.3, -0.25) is 0 Å². The van der Waals surface area contributed by atoms with Gasteiger partial charge in [-0.15, -0.1) is 0 Å². The van der Waals surface area contributed by atoms with Crippen LogP contribution in [0.3, 0.4) is 0 Å². The molecule has 2 amide bonds. The molecule has 1 heterocycles. The highest BCUT2D eigenvalue weighted by Crippen LogP contribution is 2.32. The number of ether oxygens (including phenoxy) is 2. The molecule has 0 bridgehead atoms. The van der Waals surface area contributed by atoms with E-state index in [0.717, 1.165) is 36.3 Å². The van der Waals surface area contributed by atoms with Gasteiger partial charge in [0.25, 0.3) is 0 Å². The zero-order valence-electron chi connectivity index (χ0n) is 13.1. The molecule has 22 heavy (non-hydrogen) atoms. The smallest absolute Gasteiger partial charge is 0.317 e.